The number of amides is 3. The van der Waals surface area contributed by atoms with Gasteiger partial charge in [-0.05, 0) is 55.0 Å². The maximum atomic E-state index is 12.9. The molecule has 0 fully saturated rings. The number of para-hydroxylation sites is 3. The van der Waals surface area contributed by atoms with Crippen LogP contribution in [-0.2, 0) is 9.59 Å². The average molecular weight is 462 g/mol. The minimum absolute atomic E-state index is 0.0175. The van der Waals surface area contributed by atoms with Gasteiger partial charge in [0.15, 0.2) is 0 Å². The number of benzene rings is 3. The zero-order valence-electron chi connectivity index (χ0n) is 17.9. The zero-order valence-corrected chi connectivity index (χ0v) is 18.6. The number of nitrogens with one attached hydrogen (secondary N) is 2. The Bertz CT molecular complexity index is 1280. The van der Waals surface area contributed by atoms with E-state index in [2.05, 4.69) is 10.6 Å². The number of methoxy groups -OCH3 is 1. The van der Waals surface area contributed by atoms with Gasteiger partial charge in [-0.25, -0.2) is 4.90 Å². The second-order valence-corrected chi connectivity index (χ2v) is 7.66. The van der Waals surface area contributed by atoms with Crippen molar-refractivity contribution in [2.75, 3.05) is 22.6 Å². The Morgan fingerprint density at radius 1 is 0.909 bits per heavy atom. The molecule has 2 N–H and O–H groups in total. The van der Waals surface area contributed by atoms with Gasteiger partial charge in [0.1, 0.15) is 16.5 Å². The predicted molar refractivity (Wildman–Crippen MR) is 128 cm³/mol. The Hall–Kier alpha value is -4.10. The minimum Gasteiger partial charge on any atom is -0.495 e. The van der Waals surface area contributed by atoms with Gasteiger partial charge in [-0.3, -0.25) is 14.4 Å². The Balaban J connectivity index is 1.50. The molecule has 1 heterocycles. The molecule has 0 aromatic heterocycles. The molecule has 0 bridgehead atoms. The monoisotopic (exact) mass is 461 g/mol. The fraction of sp³-hybridized carbons (Fsp3) is 0.0800. The van der Waals surface area contributed by atoms with E-state index in [9.17, 15) is 14.4 Å². The fourth-order valence-electron chi connectivity index (χ4n) is 3.44. The summed E-state index contributed by atoms with van der Waals surface area (Å²) in [5.74, 6) is -0.905. The summed E-state index contributed by atoms with van der Waals surface area (Å²) in [6.45, 7) is 1.81. The Morgan fingerprint density at radius 2 is 1.58 bits per heavy atom. The summed E-state index contributed by atoms with van der Waals surface area (Å²) in [4.78, 5) is 39.2. The lowest BCUT2D eigenvalue weighted by Gasteiger charge is -2.17. The first kappa shape index (κ1) is 22.1. The number of nitrogens with zero attached hydrogens (tertiary/aromatic N) is 1. The predicted octanol–water partition coefficient (Wildman–Crippen LogP) is 4.69. The molecule has 0 radical (unpaired) electrons. The molecule has 33 heavy (non-hydrogen) atoms. The molecule has 4 rings (SSSR count). The van der Waals surface area contributed by atoms with E-state index in [1.165, 1.54) is 7.11 Å². The molecular formula is C25H20ClN3O4. The number of rotatable bonds is 6. The molecule has 3 aromatic rings. The quantitative estimate of drug-likeness (QED) is 0.520. The van der Waals surface area contributed by atoms with Crippen molar-refractivity contribution in [1.82, 2.24) is 0 Å². The van der Waals surface area contributed by atoms with Crippen molar-refractivity contribution in [2.45, 2.75) is 6.92 Å². The van der Waals surface area contributed by atoms with Gasteiger partial charge in [-0.15, -0.1) is 0 Å². The minimum atomic E-state index is -0.591. The number of halogens is 1. The van der Waals surface area contributed by atoms with E-state index in [-0.39, 0.29) is 16.6 Å². The summed E-state index contributed by atoms with van der Waals surface area (Å²) in [7, 11) is 1.53. The van der Waals surface area contributed by atoms with E-state index in [0.717, 1.165) is 10.5 Å². The highest BCUT2D eigenvalue weighted by Crippen LogP contribution is 2.32. The highest BCUT2D eigenvalue weighted by atomic mass is 35.5. The number of carbonyl (C=O) groups excluding carboxylic acids is 3. The van der Waals surface area contributed by atoms with Crippen molar-refractivity contribution in [2.24, 2.45) is 0 Å². The normalized spacial score (nSPS) is 13.4. The van der Waals surface area contributed by atoms with Gasteiger partial charge in [0, 0.05) is 11.3 Å². The van der Waals surface area contributed by atoms with Crippen LogP contribution in [0.3, 0.4) is 0 Å². The third kappa shape index (κ3) is 4.31. The van der Waals surface area contributed by atoms with E-state index in [0.29, 0.717) is 28.4 Å². The second kappa shape index (κ2) is 9.18. The van der Waals surface area contributed by atoms with Crippen molar-refractivity contribution in [3.8, 4) is 5.75 Å². The van der Waals surface area contributed by atoms with Crippen LogP contribution < -0.4 is 20.3 Å². The van der Waals surface area contributed by atoms with Crippen molar-refractivity contribution in [3.05, 3.63) is 94.7 Å². The molecule has 0 spiro atoms. The first-order chi connectivity index (χ1) is 15.9. The number of imide groups is 1. The van der Waals surface area contributed by atoms with Gasteiger partial charge in [0.2, 0.25) is 0 Å². The number of hydrogen-bond acceptors (Lipinski definition) is 5. The van der Waals surface area contributed by atoms with Gasteiger partial charge < -0.3 is 15.4 Å². The maximum Gasteiger partial charge on any atom is 0.283 e. The van der Waals surface area contributed by atoms with Crippen molar-refractivity contribution in [1.29, 1.82) is 0 Å². The van der Waals surface area contributed by atoms with Crippen LogP contribution in [0, 0.1) is 6.92 Å². The largest absolute Gasteiger partial charge is 0.495 e. The number of carbonyl (C=O) groups is 3. The number of anilines is 3. The van der Waals surface area contributed by atoms with Crippen LogP contribution >= 0.6 is 11.6 Å². The number of ether oxygens (including phenoxy) is 1. The third-order valence-corrected chi connectivity index (χ3v) is 5.51. The van der Waals surface area contributed by atoms with Gasteiger partial charge >= 0.3 is 0 Å². The third-order valence-electron chi connectivity index (χ3n) is 5.16. The van der Waals surface area contributed by atoms with Gasteiger partial charge in [0.05, 0.1) is 18.5 Å². The first-order valence-electron chi connectivity index (χ1n) is 10.1. The van der Waals surface area contributed by atoms with Gasteiger partial charge in [-0.1, -0.05) is 41.9 Å². The SMILES string of the molecule is COc1ccccc1NC(=O)c1ccc(NC2=C(Cl)C(=O)N(c3ccccc3C)C2=O)cc1. The molecular weight excluding hydrogens is 442 g/mol. The van der Waals surface area contributed by atoms with Gasteiger partial charge in [0.25, 0.3) is 17.7 Å². The lowest BCUT2D eigenvalue weighted by Crippen LogP contribution is -2.32. The lowest BCUT2D eigenvalue weighted by atomic mass is 10.1. The molecule has 7 nitrogen and oxygen atoms in total. The van der Waals surface area contributed by atoms with Crippen molar-refractivity contribution < 1.29 is 19.1 Å². The van der Waals surface area contributed by atoms with Crippen LogP contribution in [0.15, 0.2) is 83.5 Å². The summed E-state index contributed by atoms with van der Waals surface area (Å²) in [5.41, 5.74) is 2.69. The molecule has 0 atom stereocenters. The second-order valence-electron chi connectivity index (χ2n) is 7.28. The highest BCUT2D eigenvalue weighted by Gasteiger charge is 2.39. The first-order valence-corrected chi connectivity index (χ1v) is 10.4. The standard InChI is InChI=1S/C25H20ClN3O4/c1-15-7-3-5-9-19(15)29-24(31)21(26)22(25(29)32)27-17-13-11-16(12-14-17)23(30)28-18-8-4-6-10-20(18)33-2/h3-14,27H,1-2H3,(H,28,30). The molecule has 0 unspecified atom stereocenters. The molecule has 0 saturated carbocycles. The Labute approximate surface area is 195 Å². The Kier molecular flexibility index (Phi) is 6.15. The smallest absolute Gasteiger partial charge is 0.283 e. The lowest BCUT2D eigenvalue weighted by molar-refractivity contribution is -0.120. The molecule has 3 amide bonds. The van der Waals surface area contributed by atoms with E-state index in [4.69, 9.17) is 16.3 Å². The maximum absolute atomic E-state index is 12.9. The zero-order chi connectivity index (χ0) is 23.5. The average Bonchev–Trinajstić information content (AvgIpc) is 3.03. The molecule has 0 aliphatic carbocycles. The molecule has 8 heteroatoms. The van der Waals surface area contributed by atoms with E-state index < -0.39 is 11.8 Å². The van der Waals surface area contributed by atoms with Crippen LogP contribution in [-0.4, -0.2) is 24.8 Å². The topological polar surface area (TPSA) is 87.7 Å². The van der Waals surface area contributed by atoms with Crippen molar-refractivity contribution >= 4 is 46.4 Å². The number of hydrogen-bond donors (Lipinski definition) is 2. The summed E-state index contributed by atoms with van der Waals surface area (Å²) in [6, 6.07) is 20.6. The summed E-state index contributed by atoms with van der Waals surface area (Å²) in [6.07, 6.45) is 0. The Morgan fingerprint density at radius 3 is 2.27 bits per heavy atom. The molecule has 1 aliphatic rings. The summed E-state index contributed by atoms with van der Waals surface area (Å²) >= 11 is 6.20. The van der Waals surface area contributed by atoms with Crippen LogP contribution in [0.4, 0.5) is 17.1 Å². The summed E-state index contributed by atoms with van der Waals surface area (Å²) in [5, 5.41) is 5.51. The summed E-state index contributed by atoms with van der Waals surface area (Å²) < 4.78 is 5.25. The van der Waals surface area contributed by atoms with Crippen LogP contribution in [0.1, 0.15) is 15.9 Å². The van der Waals surface area contributed by atoms with Crippen molar-refractivity contribution in [3.63, 3.8) is 0 Å². The molecule has 1 aliphatic heterocycles. The van der Waals surface area contributed by atoms with E-state index in [1.807, 2.05) is 25.1 Å². The van der Waals surface area contributed by atoms with E-state index >= 15 is 0 Å². The fourth-order valence-corrected chi connectivity index (χ4v) is 3.65. The van der Waals surface area contributed by atoms with Crippen LogP contribution in [0.2, 0.25) is 0 Å². The highest BCUT2D eigenvalue weighted by molar-refractivity contribution is 6.53. The molecule has 3 aromatic carbocycles. The molecule has 166 valence electrons. The van der Waals surface area contributed by atoms with Crippen LogP contribution in [0.5, 0.6) is 5.75 Å². The van der Waals surface area contributed by atoms with Gasteiger partial charge in [-0.2, -0.15) is 0 Å². The molecule has 0 saturated heterocycles. The number of aryl methyl sites for hydroxylation is 1. The van der Waals surface area contributed by atoms with E-state index in [1.54, 1.807) is 54.6 Å². The van der Waals surface area contributed by atoms with Crippen LogP contribution in [0.25, 0.3) is 0 Å².